The standard InChI is InChI=1S/C17H23N3S/c1-20(16-11-9-14(13-18)10-12-16)17(21)19-15-7-5-3-2-4-6-8-15/h9-12,15H,2-8H2,1H3,(H,19,21). The number of nitrogens with one attached hydrogen (secondary N) is 1. The van der Waals surface area contributed by atoms with Gasteiger partial charge in [-0.25, -0.2) is 0 Å². The van der Waals surface area contributed by atoms with E-state index in [9.17, 15) is 0 Å². The third kappa shape index (κ3) is 4.71. The number of anilines is 1. The molecule has 1 saturated carbocycles. The zero-order valence-corrected chi connectivity index (χ0v) is 13.5. The highest BCUT2D eigenvalue weighted by molar-refractivity contribution is 7.80. The fourth-order valence-electron chi connectivity index (χ4n) is 2.75. The Morgan fingerprint density at radius 1 is 1.14 bits per heavy atom. The maximum absolute atomic E-state index is 8.84. The molecule has 0 radical (unpaired) electrons. The number of rotatable bonds is 2. The van der Waals surface area contributed by atoms with Gasteiger partial charge in [-0.15, -0.1) is 0 Å². The highest BCUT2D eigenvalue weighted by atomic mass is 32.1. The Hall–Kier alpha value is -1.60. The molecule has 2 rings (SSSR count). The van der Waals surface area contributed by atoms with Crippen LogP contribution in [0.5, 0.6) is 0 Å². The molecule has 0 atom stereocenters. The Bertz CT molecular complexity index is 496. The molecule has 112 valence electrons. The van der Waals surface area contributed by atoms with Crippen LogP contribution in [0.15, 0.2) is 24.3 Å². The van der Waals surface area contributed by atoms with Gasteiger partial charge in [0.1, 0.15) is 0 Å². The van der Waals surface area contributed by atoms with E-state index in [4.69, 9.17) is 17.5 Å². The Labute approximate surface area is 133 Å². The van der Waals surface area contributed by atoms with Crippen LogP contribution in [-0.2, 0) is 0 Å². The summed E-state index contributed by atoms with van der Waals surface area (Å²) in [4.78, 5) is 1.98. The predicted octanol–water partition coefficient (Wildman–Crippen LogP) is 3.98. The number of thiocarbonyl (C=S) groups is 1. The molecule has 21 heavy (non-hydrogen) atoms. The summed E-state index contributed by atoms with van der Waals surface area (Å²) in [6.07, 6.45) is 9.07. The van der Waals surface area contributed by atoms with Crippen LogP contribution in [0.2, 0.25) is 0 Å². The van der Waals surface area contributed by atoms with E-state index in [2.05, 4.69) is 11.4 Å². The summed E-state index contributed by atoms with van der Waals surface area (Å²) in [7, 11) is 1.97. The quantitative estimate of drug-likeness (QED) is 0.839. The average Bonchev–Trinajstić information content (AvgIpc) is 2.49. The lowest BCUT2D eigenvalue weighted by Gasteiger charge is -2.27. The molecule has 0 aromatic heterocycles. The Kier molecular flexibility index (Phi) is 6.01. The number of benzene rings is 1. The smallest absolute Gasteiger partial charge is 0.173 e. The molecule has 4 heteroatoms. The van der Waals surface area contributed by atoms with Crippen LogP contribution < -0.4 is 10.2 Å². The average molecular weight is 301 g/mol. The largest absolute Gasteiger partial charge is 0.360 e. The van der Waals surface area contributed by atoms with Crippen LogP contribution in [0.4, 0.5) is 5.69 Å². The second-order valence-electron chi connectivity index (χ2n) is 5.71. The van der Waals surface area contributed by atoms with E-state index < -0.39 is 0 Å². The first-order chi connectivity index (χ1) is 10.2. The fraction of sp³-hybridized carbons (Fsp3) is 0.529. The van der Waals surface area contributed by atoms with Crippen molar-refractivity contribution in [2.24, 2.45) is 0 Å². The van der Waals surface area contributed by atoms with Gasteiger partial charge in [0.15, 0.2) is 5.11 Å². The molecule has 0 bridgehead atoms. The maximum Gasteiger partial charge on any atom is 0.173 e. The minimum atomic E-state index is 0.499. The van der Waals surface area contributed by atoms with Crippen molar-refractivity contribution in [3.8, 4) is 6.07 Å². The lowest BCUT2D eigenvalue weighted by molar-refractivity contribution is 0.429. The van der Waals surface area contributed by atoms with Crippen LogP contribution in [0.1, 0.15) is 50.5 Å². The molecule has 1 aliphatic carbocycles. The van der Waals surface area contributed by atoms with E-state index in [0.717, 1.165) is 10.8 Å². The normalized spacial score (nSPS) is 16.4. The summed E-state index contributed by atoms with van der Waals surface area (Å²) in [5.74, 6) is 0. The van der Waals surface area contributed by atoms with E-state index in [1.54, 1.807) is 0 Å². The fourth-order valence-corrected chi connectivity index (χ4v) is 3.02. The molecule has 0 unspecified atom stereocenters. The number of nitrogens with zero attached hydrogens (tertiary/aromatic N) is 2. The van der Waals surface area contributed by atoms with Gasteiger partial charge in [-0.2, -0.15) is 5.26 Å². The van der Waals surface area contributed by atoms with Crippen molar-refractivity contribution in [3.05, 3.63) is 29.8 Å². The van der Waals surface area contributed by atoms with Crippen molar-refractivity contribution in [2.75, 3.05) is 11.9 Å². The maximum atomic E-state index is 8.84. The lowest BCUT2D eigenvalue weighted by atomic mass is 9.97. The zero-order valence-electron chi connectivity index (χ0n) is 12.6. The van der Waals surface area contributed by atoms with Crippen molar-refractivity contribution in [2.45, 2.75) is 51.0 Å². The van der Waals surface area contributed by atoms with Crippen molar-refractivity contribution in [3.63, 3.8) is 0 Å². The molecule has 0 heterocycles. The summed E-state index contributed by atoms with van der Waals surface area (Å²) < 4.78 is 0. The van der Waals surface area contributed by atoms with Crippen LogP contribution in [0, 0.1) is 11.3 Å². The molecule has 0 spiro atoms. The van der Waals surface area contributed by atoms with Gasteiger partial charge in [-0.3, -0.25) is 0 Å². The number of nitriles is 1. The van der Waals surface area contributed by atoms with Crippen LogP contribution >= 0.6 is 12.2 Å². The summed E-state index contributed by atoms with van der Waals surface area (Å²) in [5, 5.41) is 13.1. The Morgan fingerprint density at radius 3 is 2.29 bits per heavy atom. The minimum absolute atomic E-state index is 0.499. The van der Waals surface area contributed by atoms with Gasteiger partial charge >= 0.3 is 0 Å². The second kappa shape index (κ2) is 7.99. The molecular formula is C17H23N3S. The highest BCUT2D eigenvalue weighted by Crippen LogP contribution is 2.18. The van der Waals surface area contributed by atoms with E-state index in [1.165, 1.54) is 44.9 Å². The first-order valence-electron chi connectivity index (χ1n) is 7.75. The Balaban J connectivity index is 1.93. The molecule has 1 aromatic rings. The van der Waals surface area contributed by atoms with Crippen LogP contribution in [0.3, 0.4) is 0 Å². The van der Waals surface area contributed by atoms with E-state index in [-0.39, 0.29) is 0 Å². The molecule has 1 fully saturated rings. The van der Waals surface area contributed by atoms with Crippen molar-refractivity contribution < 1.29 is 0 Å². The summed E-state index contributed by atoms with van der Waals surface area (Å²) in [6, 6.07) is 10.2. The van der Waals surface area contributed by atoms with Gasteiger partial charge in [0.25, 0.3) is 0 Å². The van der Waals surface area contributed by atoms with Gasteiger partial charge in [-0.05, 0) is 49.3 Å². The third-order valence-corrected chi connectivity index (χ3v) is 4.51. The van der Waals surface area contributed by atoms with E-state index in [1.807, 2.05) is 36.2 Å². The second-order valence-corrected chi connectivity index (χ2v) is 6.10. The number of hydrogen-bond donors (Lipinski definition) is 1. The predicted molar refractivity (Wildman–Crippen MR) is 91.4 cm³/mol. The third-order valence-electron chi connectivity index (χ3n) is 4.12. The molecule has 0 aliphatic heterocycles. The van der Waals surface area contributed by atoms with Crippen molar-refractivity contribution in [1.82, 2.24) is 5.32 Å². The summed E-state index contributed by atoms with van der Waals surface area (Å²) in [6.45, 7) is 0. The first-order valence-corrected chi connectivity index (χ1v) is 8.16. The molecule has 0 saturated heterocycles. The van der Waals surface area contributed by atoms with Gasteiger partial charge in [0.2, 0.25) is 0 Å². The minimum Gasteiger partial charge on any atom is -0.360 e. The van der Waals surface area contributed by atoms with Gasteiger partial charge < -0.3 is 10.2 Å². The van der Waals surface area contributed by atoms with Gasteiger partial charge in [-0.1, -0.05) is 32.1 Å². The summed E-state index contributed by atoms with van der Waals surface area (Å²) >= 11 is 5.53. The summed E-state index contributed by atoms with van der Waals surface area (Å²) in [5.41, 5.74) is 1.68. The van der Waals surface area contributed by atoms with Crippen molar-refractivity contribution >= 4 is 23.0 Å². The van der Waals surface area contributed by atoms with Crippen LogP contribution in [-0.4, -0.2) is 18.2 Å². The van der Waals surface area contributed by atoms with Crippen LogP contribution in [0.25, 0.3) is 0 Å². The Morgan fingerprint density at radius 2 is 1.71 bits per heavy atom. The highest BCUT2D eigenvalue weighted by Gasteiger charge is 2.14. The molecule has 3 nitrogen and oxygen atoms in total. The molecule has 1 aromatic carbocycles. The zero-order chi connectivity index (χ0) is 15.1. The van der Waals surface area contributed by atoms with Gasteiger partial charge in [0, 0.05) is 18.8 Å². The molecule has 1 N–H and O–H groups in total. The topological polar surface area (TPSA) is 39.1 Å². The molecule has 0 amide bonds. The van der Waals surface area contributed by atoms with Crippen molar-refractivity contribution in [1.29, 1.82) is 5.26 Å². The lowest BCUT2D eigenvalue weighted by Crippen LogP contribution is -2.43. The van der Waals surface area contributed by atoms with Gasteiger partial charge in [0.05, 0.1) is 11.6 Å². The molecule has 1 aliphatic rings. The van der Waals surface area contributed by atoms with E-state index >= 15 is 0 Å². The SMILES string of the molecule is CN(C(=S)NC1CCCCCCC1)c1ccc(C#N)cc1. The van der Waals surface area contributed by atoms with E-state index in [0.29, 0.717) is 11.6 Å². The first kappa shape index (κ1) is 15.8. The monoisotopic (exact) mass is 301 g/mol. The molecular weight excluding hydrogens is 278 g/mol. The number of hydrogen-bond acceptors (Lipinski definition) is 2.